The molecule has 0 saturated heterocycles. The maximum absolute atomic E-state index is 2.74. The molecule has 0 unspecified atom stereocenters. The van der Waals surface area contributed by atoms with Gasteiger partial charge in [-0.2, -0.15) is 0 Å². The second-order valence-electron chi connectivity index (χ2n) is 15.6. The van der Waals surface area contributed by atoms with Gasteiger partial charge >= 0.3 is 0 Å². The van der Waals surface area contributed by atoms with Crippen LogP contribution in [0.5, 0.6) is 0 Å². The van der Waals surface area contributed by atoms with Gasteiger partial charge in [-0.1, -0.05) is 212 Å². The Hall–Kier alpha value is -7.52. The van der Waals surface area contributed by atoms with E-state index in [1.807, 2.05) is 0 Å². The van der Waals surface area contributed by atoms with Crippen molar-refractivity contribution in [1.29, 1.82) is 0 Å². The molecule has 60 heavy (non-hydrogen) atoms. The number of hydrogen-bond donors (Lipinski definition) is 0. The second kappa shape index (κ2) is 15.0. The molecule has 0 bridgehead atoms. The van der Waals surface area contributed by atoms with Gasteiger partial charge in [0.1, 0.15) is 0 Å². The van der Waals surface area contributed by atoms with Crippen LogP contribution in [0.15, 0.2) is 249 Å². The second-order valence-corrected chi connectivity index (χ2v) is 19.3. The molecular weight excluding hydrogens is 739 g/mol. The fourth-order valence-electron chi connectivity index (χ4n) is 9.66. The highest BCUT2D eigenvalue weighted by Crippen LogP contribution is 2.41. The molecule has 0 aromatic heterocycles. The maximum atomic E-state index is 2.42. The zero-order valence-corrected chi connectivity index (χ0v) is 34.1. The fraction of sp³-hybridized carbons (Fsp3) is 0. The van der Waals surface area contributed by atoms with Crippen molar-refractivity contribution < 1.29 is 0 Å². The van der Waals surface area contributed by atoms with Gasteiger partial charge in [-0.05, 0) is 112 Å². The van der Waals surface area contributed by atoms with E-state index in [0.29, 0.717) is 0 Å². The average Bonchev–Trinajstić information content (AvgIpc) is 3.65. The molecule has 2 heteroatoms. The van der Waals surface area contributed by atoms with Crippen LogP contribution in [0, 0.1) is 0 Å². The Morgan fingerprint density at radius 2 is 0.717 bits per heavy atom. The van der Waals surface area contributed by atoms with Crippen molar-refractivity contribution in [2.45, 2.75) is 0 Å². The van der Waals surface area contributed by atoms with E-state index in [1.54, 1.807) is 0 Å². The van der Waals surface area contributed by atoms with Gasteiger partial charge in [0.2, 0.25) is 0 Å². The average molecular weight is 780 g/mol. The van der Waals surface area contributed by atoms with Crippen molar-refractivity contribution in [1.82, 2.24) is 0 Å². The van der Waals surface area contributed by atoms with Crippen molar-refractivity contribution in [2.24, 2.45) is 0 Å². The normalized spacial score (nSPS) is 12.5. The van der Waals surface area contributed by atoms with Gasteiger partial charge in [-0.25, -0.2) is 0 Å². The maximum Gasteiger partial charge on any atom is 0.181 e. The molecule has 282 valence electrons. The molecule has 0 N–H and O–H groups in total. The highest BCUT2D eigenvalue weighted by atomic mass is 28.3. The lowest BCUT2D eigenvalue weighted by molar-refractivity contribution is 1.28. The van der Waals surface area contributed by atoms with Crippen molar-refractivity contribution in [3.8, 4) is 44.5 Å². The summed E-state index contributed by atoms with van der Waals surface area (Å²) in [5.41, 5.74) is 13.3. The summed E-state index contributed by atoms with van der Waals surface area (Å²) >= 11 is 0. The van der Waals surface area contributed by atoms with Gasteiger partial charge in [-0.15, -0.1) is 0 Å². The number of hydrogen-bond acceptors (Lipinski definition) is 1. The largest absolute Gasteiger partial charge is 0.311 e. The number of anilines is 3. The summed E-state index contributed by atoms with van der Waals surface area (Å²) in [5, 5.41) is 8.39. The highest BCUT2D eigenvalue weighted by Gasteiger charge is 2.50. The van der Waals surface area contributed by atoms with Crippen LogP contribution in [0.4, 0.5) is 17.1 Å². The molecule has 10 aromatic rings. The first kappa shape index (κ1) is 35.6. The monoisotopic (exact) mass is 779 g/mol. The summed E-state index contributed by atoms with van der Waals surface area (Å²) < 4.78 is 0. The summed E-state index contributed by atoms with van der Waals surface area (Å²) in [4.78, 5) is 2.37. The molecule has 0 amide bonds. The molecule has 0 radical (unpaired) electrons. The Morgan fingerprint density at radius 1 is 0.283 bits per heavy atom. The molecule has 0 atom stereocenters. The molecular formula is C58H41NSi. The van der Waals surface area contributed by atoms with Gasteiger partial charge < -0.3 is 4.90 Å². The van der Waals surface area contributed by atoms with E-state index in [4.69, 9.17) is 0 Å². The number of fused-ring (bicyclic) bond motifs is 5. The van der Waals surface area contributed by atoms with Crippen LogP contribution >= 0.6 is 0 Å². The summed E-state index contributed by atoms with van der Waals surface area (Å²) in [5.74, 6) is 0. The van der Waals surface area contributed by atoms with Crippen molar-refractivity contribution >= 4 is 56.7 Å². The van der Waals surface area contributed by atoms with Crippen LogP contribution in [-0.2, 0) is 0 Å². The van der Waals surface area contributed by atoms with Crippen molar-refractivity contribution in [3.05, 3.63) is 249 Å². The fourth-order valence-corrected chi connectivity index (χ4v) is 15.1. The van der Waals surface area contributed by atoms with Gasteiger partial charge in [0.05, 0.1) is 0 Å². The number of benzene rings is 10. The predicted octanol–water partition coefficient (Wildman–Crippen LogP) is 12.7. The molecule has 0 saturated carbocycles. The lowest BCUT2D eigenvalue weighted by Gasteiger charge is -2.32. The van der Waals surface area contributed by atoms with E-state index in [-0.39, 0.29) is 0 Å². The van der Waals surface area contributed by atoms with E-state index in [9.17, 15) is 0 Å². The zero-order chi connectivity index (χ0) is 39.9. The first-order valence-electron chi connectivity index (χ1n) is 20.8. The third-order valence-corrected chi connectivity index (χ3v) is 17.3. The smallest absolute Gasteiger partial charge is 0.181 e. The molecule has 11 rings (SSSR count). The van der Waals surface area contributed by atoms with Gasteiger partial charge in [0.25, 0.3) is 0 Å². The van der Waals surface area contributed by atoms with Crippen LogP contribution in [0.25, 0.3) is 55.3 Å². The molecule has 1 nitrogen and oxygen atoms in total. The molecule has 10 aromatic carbocycles. The van der Waals surface area contributed by atoms with Crippen molar-refractivity contribution in [2.75, 3.05) is 4.90 Å². The van der Waals surface area contributed by atoms with Crippen LogP contribution < -0.4 is 25.6 Å². The third kappa shape index (κ3) is 5.92. The molecule has 1 aliphatic rings. The van der Waals surface area contributed by atoms with Gasteiger partial charge in [-0.3, -0.25) is 0 Å². The summed E-state index contributed by atoms with van der Waals surface area (Å²) in [6, 6.07) is 91.7. The van der Waals surface area contributed by atoms with E-state index >= 15 is 0 Å². The van der Waals surface area contributed by atoms with Crippen LogP contribution in [-0.4, -0.2) is 8.07 Å². The molecule has 1 heterocycles. The topological polar surface area (TPSA) is 3.24 Å². The minimum Gasteiger partial charge on any atom is -0.311 e. The minimum atomic E-state index is -2.74. The van der Waals surface area contributed by atoms with Gasteiger partial charge in [0, 0.05) is 17.1 Å². The van der Waals surface area contributed by atoms with Crippen LogP contribution in [0.3, 0.4) is 0 Å². The molecule has 1 aliphatic heterocycles. The van der Waals surface area contributed by atoms with E-state index in [2.05, 4.69) is 254 Å². The Balaban J connectivity index is 1.07. The Kier molecular flexibility index (Phi) is 8.91. The van der Waals surface area contributed by atoms with E-state index in [0.717, 1.165) is 17.1 Å². The van der Waals surface area contributed by atoms with Crippen LogP contribution in [0.1, 0.15) is 0 Å². The number of rotatable bonds is 8. The Bertz CT molecular complexity index is 2970. The zero-order valence-electron chi connectivity index (χ0n) is 33.1. The van der Waals surface area contributed by atoms with E-state index < -0.39 is 8.07 Å². The summed E-state index contributed by atoms with van der Waals surface area (Å²) in [6.45, 7) is 0. The minimum absolute atomic E-state index is 1.11. The standard InChI is InChI=1S/C58H41NSi/c1-5-16-42(17-6-1)44-28-35-48(36-29-44)59(49-37-30-45(31-38-49)43-18-7-2-8-19-43)50-39-32-47(33-40-50)53-26-15-27-56-57(53)55-41-34-46-20-13-14-25-54(46)58(55)60(56,51-21-9-3-10-22-51)52-23-11-4-12-24-52/h1-41H. The highest BCUT2D eigenvalue weighted by molar-refractivity contribution is 7.23. The van der Waals surface area contributed by atoms with E-state index in [1.165, 1.54) is 76.0 Å². The molecule has 0 aliphatic carbocycles. The SMILES string of the molecule is c1ccc(-c2ccc(N(c3ccc(-c4ccccc4)cc3)c3ccc(-c4cccc5c4-c4ccc6ccccc6c4[Si]5(c4ccccc4)c4ccccc4)cc3)cc2)cc1. The first-order valence-corrected chi connectivity index (χ1v) is 22.8. The quantitative estimate of drug-likeness (QED) is 0.139. The van der Waals surface area contributed by atoms with Crippen LogP contribution in [0.2, 0.25) is 0 Å². The number of nitrogens with zero attached hydrogens (tertiary/aromatic N) is 1. The lowest BCUT2D eigenvalue weighted by atomic mass is 9.93. The molecule has 0 spiro atoms. The predicted molar refractivity (Wildman–Crippen MR) is 258 cm³/mol. The Morgan fingerprint density at radius 3 is 1.23 bits per heavy atom. The molecule has 0 fully saturated rings. The Labute approximate surface area is 353 Å². The summed E-state index contributed by atoms with van der Waals surface area (Å²) in [6.07, 6.45) is 0. The third-order valence-electron chi connectivity index (χ3n) is 12.4. The summed E-state index contributed by atoms with van der Waals surface area (Å²) in [7, 11) is -2.74. The lowest BCUT2D eigenvalue weighted by Crippen LogP contribution is -2.73. The first-order chi connectivity index (χ1) is 29.8. The van der Waals surface area contributed by atoms with Crippen molar-refractivity contribution in [3.63, 3.8) is 0 Å². The van der Waals surface area contributed by atoms with Gasteiger partial charge in [0.15, 0.2) is 8.07 Å².